The van der Waals surface area contributed by atoms with Crippen LogP contribution in [-0.2, 0) is 14.8 Å². The Balaban J connectivity index is 1.55. The van der Waals surface area contributed by atoms with E-state index in [1.54, 1.807) is 18.2 Å². The number of benzene rings is 3. The van der Waals surface area contributed by atoms with Crippen LogP contribution in [0.2, 0.25) is 5.02 Å². The highest BCUT2D eigenvalue weighted by molar-refractivity contribution is 7.92. The standard InChI is InChI=1S/C28H26ClFN4O3S/c1-19-7-13-27(14-8-19)38(36,37)33(25-11-9-24(30)10-12-25)18-28(35)32-31-17-22-15-20(2)34(21(22)3)26-6-4-5-23(29)16-26/h4-17H,18H2,1-3H3,(H,32,35)/b31-17-. The molecule has 0 atom stereocenters. The second-order valence-corrected chi connectivity index (χ2v) is 11.0. The van der Waals surface area contributed by atoms with Crippen molar-refractivity contribution in [2.75, 3.05) is 10.8 Å². The van der Waals surface area contributed by atoms with Gasteiger partial charge in [-0.3, -0.25) is 9.10 Å². The second-order valence-electron chi connectivity index (χ2n) is 8.74. The maximum Gasteiger partial charge on any atom is 0.264 e. The number of anilines is 1. The largest absolute Gasteiger partial charge is 0.318 e. The summed E-state index contributed by atoms with van der Waals surface area (Å²) in [4.78, 5) is 12.8. The molecule has 0 aliphatic carbocycles. The SMILES string of the molecule is Cc1ccc(S(=O)(=O)N(CC(=O)N/N=C\c2cc(C)n(-c3cccc(Cl)c3)c2C)c2ccc(F)cc2)cc1. The van der Waals surface area contributed by atoms with Gasteiger partial charge in [-0.05, 0) is 81.4 Å². The van der Waals surface area contributed by atoms with Crippen molar-refractivity contribution in [3.8, 4) is 5.69 Å². The lowest BCUT2D eigenvalue weighted by atomic mass is 10.2. The molecular weight excluding hydrogens is 527 g/mol. The van der Waals surface area contributed by atoms with Crippen LogP contribution >= 0.6 is 11.6 Å². The summed E-state index contributed by atoms with van der Waals surface area (Å²) in [6.45, 7) is 5.15. The Morgan fingerprint density at radius 2 is 1.71 bits per heavy atom. The summed E-state index contributed by atoms with van der Waals surface area (Å²) in [5, 5.41) is 4.66. The molecule has 0 spiro atoms. The molecule has 0 unspecified atom stereocenters. The van der Waals surface area contributed by atoms with E-state index in [2.05, 4.69) is 10.5 Å². The van der Waals surface area contributed by atoms with Gasteiger partial charge in [-0.2, -0.15) is 5.10 Å². The van der Waals surface area contributed by atoms with Crippen molar-refractivity contribution in [3.05, 3.63) is 112 Å². The predicted molar refractivity (Wildman–Crippen MR) is 148 cm³/mol. The molecule has 1 amide bonds. The van der Waals surface area contributed by atoms with Crippen LogP contribution in [0.5, 0.6) is 0 Å². The van der Waals surface area contributed by atoms with Gasteiger partial charge >= 0.3 is 0 Å². The van der Waals surface area contributed by atoms with Gasteiger partial charge < -0.3 is 4.57 Å². The van der Waals surface area contributed by atoms with E-state index in [1.807, 2.05) is 49.6 Å². The van der Waals surface area contributed by atoms with Crippen LogP contribution < -0.4 is 9.73 Å². The average Bonchev–Trinajstić information content (AvgIpc) is 3.16. The Morgan fingerprint density at radius 1 is 1.03 bits per heavy atom. The molecule has 0 fully saturated rings. The van der Waals surface area contributed by atoms with E-state index in [0.29, 0.717) is 5.02 Å². The molecular formula is C28H26ClFN4O3S. The first-order valence-electron chi connectivity index (χ1n) is 11.7. The van der Waals surface area contributed by atoms with Gasteiger partial charge in [0.05, 0.1) is 16.8 Å². The van der Waals surface area contributed by atoms with Crippen LogP contribution in [0.1, 0.15) is 22.5 Å². The van der Waals surface area contributed by atoms with Gasteiger partial charge in [0.2, 0.25) is 0 Å². The highest BCUT2D eigenvalue weighted by Gasteiger charge is 2.27. The van der Waals surface area contributed by atoms with Crippen LogP contribution in [0, 0.1) is 26.6 Å². The number of carbonyl (C=O) groups excluding carboxylic acids is 1. The lowest BCUT2D eigenvalue weighted by molar-refractivity contribution is -0.119. The van der Waals surface area contributed by atoms with Gasteiger partial charge in [-0.1, -0.05) is 35.4 Å². The lowest BCUT2D eigenvalue weighted by Gasteiger charge is -2.23. The minimum Gasteiger partial charge on any atom is -0.318 e. The third-order valence-electron chi connectivity index (χ3n) is 5.94. The first kappa shape index (κ1) is 27.1. The summed E-state index contributed by atoms with van der Waals surface area (Å²) in [5.41, 5.74) is 6.94. The Hall–Kier alpha value is -3.95. The van der Waals surface area contributed by atoms with Crippen molar-refractivity contribution in [2.45, 2.75) is 25.7 Å². The zero-order valence-corrected chi connectivity index (χ0v) is 22.6. The normalized spacial score (nSPS) is 11.6. The van der Waals surface area contributed by atoms with E-state index in [-0.39, 0.29) is 10.6 Å². The van der Waals surface area contributed by atoms with E-state index in [9.17, 15) is 17.6 Å². The van der Waals surface area contributed by atoms with Crippen molar-refractivity contribution in [1.29, 1.82) is 0 Å². The number of aryl methyl sites for hydroxylation is 2. The number of amides is 1. The fourth-order valence-corrected chi connectivity index (χ4v) is 5.64. The van der Waals surface area contributed by atoms with E-state index >= 15 is 0 Å². The highest BCUT2D eigenvalue weighted by Crippen LogP contribution is 2.25. The molecule has 7 nitrogen and oxygen atoms in total. The number of halogens is 2. The maximum atomic E-state index is 13.5. The zero-order valence-electron chi connectivity index (χ0n) is 21.0. The number of hydrazone groups is 1. The van der Waals surface area contributed by atoms with Gasteiger partial charge in [-0.25, -0.2) is 18.2 Å². The molecule has 0 aliphatic rings. The first-order valence-corrected chi connectivity index (χ1v) is 13.5. The molecule has 38 heavy (non-hydrogen) atoms. The van der Waals surface area contributed by atoms with Crippen LogP contribution in [0.25, 0.3) is 5.69 Å². The number of aromatic nitrogens is 1. The molecule has 0 saturated carbocycles. The smallest absolute Gasteiger partial charge is 0.264 e. The van der Waals surface area contributed by atoms with Crippen molar-refractivity contribution in [3.63, 3.8) is 0 Å². The fraction of sp³-hybridized carbons (Fsp3) is 0.143. The molecule has 1 heterocycles. The number of rotatable bonds is 8. The highest BCUT2D eigenvalue weighted by atomic mass is 35.5. The monoisotopic (exact) mass is 552 g/mol. The number of carbonyl (C=O) groups is 1. The quantitative estimate of drug-likeness (QED) is 0.230. The third kappa shape index (κ3) is 5.95. The molecule has 1 aromatic heterocycles. The topological polar surface area (TPSA) is 83.8 Å². The Bertz CT molecular complexity index is 1600. The zero-order chi connectivity index (χ0) is 27.4. The molecule has 4 rings (SSSR count). The third-order valence-corrected chi connectivity index (χ3v) is 7.96. The Labute approximate surface area is 226 Å². The summed E-state index contributed by atoms with van der Waals surface area (Å²) >= 11 is 6.14. The van der Waals surface area contributed by atoms with E-state index in [0.717, 1.165) is 44.6 Å². The van der Waals surface area contributed by atoms with Crippen LogP contribution in [0.15, 0.2) is 88.9 Å². The minimum absolute atomic E-state index is 0.0113. The van der Waals surface area contributed by atoms with Gasteiger partial charge in [0.15, 0.2) is 0 Å². The van der Waals surface area contributed by atoms with Crippen LogP contribution in [0.4, 0.5) is 10.1 Å². The van der Waals surface area contributed by atoms with Gasteiger partial charge in [0, 0.05) is 27.7 Å². The van der Waals surface area contributed by atoms with Crippen LogP contribution in [0.3, 0.4) is 0 Å². The molecule has 0 aliphatic heterocycles. The maximum absolute atomic E-state index is 13.5. The minimum atomic E-state index is -4.12. The molecule has 4 aromatic rings. The second kappa shape index (κ2) is 11.2. The molecule has 0 bridgehead atoms. The Kier molecular flexibility index (Phi) is 7.99. The van der Waals surface area contributed by atoms with Crippen molar-refractivity contribution in [1.82, 2.24) is 9.99 Å². The number of nitrogens with one attached hydrogen (secondary N) is 1. The first-order chi connectivity index (χ1) is 18.1. The number of nitrogens with zero attached hydrogens (tertiary/aromatic N) is 3. The van der Waals surface area contributed by atoms with Crippen molar-refractivity contribution >= 4 is 39.4 Å². The van der Waals surface area contributed by atoms with Gasteiger partial charge in [-0.15, -0.1) is 0 Å². The van der Waals surface area contributed by atoms with Gasteiger partial charge in [0.1, 0.15) is 12.4 Å². The molecule has 10 heteroatoms. The molecule has 0 saturated heterocycles. The summed E-state index contributed by atoms with van der Waals surface area (Å²) in [7, 11) is -4.12. The van der Waals surface area contributed by atoms with Crippen LogP contribution in [-0.4, -0.2) is 31.7 Å². The summed E-state index contributed by atoms with van der Waals surface area (Å²) in [6, 6.07) is 20.5. The number of hydrogen-bond donors (Lipinski definition) is 1. The summed E-state index contributed by atoms with van der Waals surface area (Å²) < 4.78 is 43.3. The Morgan fingerprint density at radius 3 is 2.37 bits per heavy atom. The van der Waals surface area contributed by atoms with Crippen molar-refractivity contribution < 1.29 is 17.6 Å². The molecule has 0 radical (unpaired) electrons. The molecule has 3 aromatic carbocycles. The van der Waals surface area contributed by atoms with E-state index in [4.69, 9.17) is 11.6 Å². The van der Waals surface area contributed by atoms with E-state index < -0.39 is 28.3 Å². The summed E-state index contributed by atoms with van der Waals surface area (Å²) in [6.07, 6.45) is 1.50. The average molecular weight is 553 g/mol. The number of hydrogen-bond acceptors (Lipinski definition) is 4. The predicted octanol–water partition coefficient (Wildman–Crippen LogP) is 5.54. The summed E-state index contributed by atoms with van der Waals surface area (Å²) in [5.74, 6) is -1.18. The lowest BCUT2D eigenvalue weighted by Crippen LogP contribution is -2.39. The fourth-order valence-electron chi connectivity index (χ4n) is 4.03. The molecule has 1 N–H and O–H groups in total. The van der Waals surface area contributed by atoms with Gasteiger partial charge in [0.25, 0.3) is 15.9 Å². The number of sulfonamides is 1. The van der Waals surface area contributed by atoms with Crippen molar-refractivity contribution in [2.24, 2.45) is 5.10 Å². The van der Waals surface area contributed by atoms with E-state index in [1.165, 1.54) is 30.5 Å². The molecule has 196 valence electrons.